The molecule has 0 radical (unpaired) electrons. The Hall–Kier alpha value is -1.38. The number of hydrogen-bond acceptors (Lipinski definition) is 10. The van der Waals surface area contributed by atoms with Gasteiger partial charge in [0, 0.05) is 26.5 Å². The van der Waals surface area contributed by atoms with Gasteiger partial charge in [0.1, 0.15) is 24.4 Å². The highest BCUT2D eigenvalue weighted by Crippen LogP contribution is 2.22. The van der Waals surface area contributed by atoms with Crippen LogP contribution in [0.5, 0.6) is 0 Å². The van der Waals surface area contributed by atoms with Crippen LogP contribution in [0.1, 0.15) is 58.3 Å². The van der Waals surface area contributed by atoms with E-state index in [9.17, 15) is 35.1 Å². The first kappa shape index (κ1) is 30.8. The number of ether oxygens (including phenoxy) is 2. The van der Waals surface area contributed by atoms with Gasteiger partial charge in [-0.05, 0) is 51.6 Å². The van der Waals surface area contributed by atoms with Crippen molar-refractivity contribution < 1.29 is 44.6 Å². The second-order valence-electron chi connectivity index (χ2n) is 9.70. The lowest BCUT2D eigenvalue weighted by atomic mass is 9.97. The van der Waals surface area contributed by atoms with E-state index in [0.29, 0.717) is 26.0 Å². The van der Waals surface area contributed by atoms with Gasteiger partial charge in [0.25, 0.3) is 0 Å². The highest BCUT2D eigenvalue weighted by atomic mass is 16.7. The van der Waals surface area contributed by atoms with Gasteiger partial charge < -0.3 is 50.5 Å². The van der Waals surface area contributed by atoms with Crippen molar-refractivity contribution in [2.45, 2.75) is 101 Å². The number of hydrogen-bond donors (Lipinski definition) is 7. The van der Waals surface area contributed by atoms with E-state index in [1.165, 1.54) is 6.92 Å². The van der Waals surface area contributed by atoms with Crippen LogP contribution in [0.2, 0.25) is 0 Å². The maximum absolute atomic E-state index is 12.3. The number of carbonyl (C=O) groups excluding carboxylic acids is 2. The molecule has 0 saturated carbocycles. The first-order valence-corrected chi connectivity index (χ1v) is 13.1. The molecule has 5 unspecified atom stereocenters. The largest absolute Gasteiger partial charge is 0.394 e. The molecule has 2 saturated heterocycles. The Morgan fingerprint density at radius 1 is 0.972 bits per heavy atom. The van der Waals surface area contributed by atoms with E-state index >= 15 is 0 Å². The second kappa shape index (κ2) is 16.5. The summed E-state index contributed by atoms with van der Waals surface area (Å²) in [6.45, 7) is 3.10. The monoisotopic (exact) mass is 519 g/mol. The minimum absolute atomic E-state index is 0.000342. The van der Waals surface area contributed by atoms with Gasteiger partial charge in [-0.3, -0.25) is 9.59 Å². The summed E-state index contributed by atoms with van der Waals surface area (Å²) in [7, 11) is 0. The molecule has 2 heterocycles. The third-order valence-corrected chi connectivity index (χ3v) is 6.70. The average Bonchev–Trinajstić information content (AvgIpc) is 3.24. The van der Waals surface area contributed by atoms with Crippen molar-refractivity contribution in [1.29, 1.82) is 0 Å². The molecule has 0 bridgehead atoms. The van der Waals surface area contributed by atoms with Crippen molar-refractivity contribution in [3.8, 4) is 0 Å². The third-order valence-electron chi connectivity index (χ3n) is 6.70. The quantitative estimate of drug-likeness (QED) is 0.115. The molecule has 12 nitrogen and oxygen atoms in total. The van der Waals surface area contributed by atoms with Crippen molar-refractivity contribution in [2.24, 2.45) is 0 Å². The SMILES string of the molecule is CC(=O)NC1C(OCCCCCNCCCCCC(=O)N2C[C@H](O)C[C@H]2CO)OC(CO)C(O)C1O. The van der Waals surface area contributed by atoms with E-state index in [2.05, 4.69) is 10.6 Å². The Bertz CT molecular complexity index is 656. The van der Waals surface area contributed by atoms with Crippen molar-refractivity contribution >= 4 is 11.8 Å². The van der Waals surface area contributed by atoms with Gasteiger partial charge in [-0.1, -0.05) is 6.42 Å². The van der Waals surface area contributed by atoms with Gasteiger partial charge in [-0.2, -0.15) is 0 Å². The van der Waals surface area contributed by atoms with Gasteiger partial charge in [0.2, 0.25) is 11.8 Å². The lowest BCUT2D eigenvalue weighted by Gasteiger charge is -2.42. The van der Waals surface area contributed by atoms with Crippen LogP contribution < -0.4 is 10.6 Å². The van der Waals surface area contributed by atoms with E-state index < -0.39 is 43.4 Å². The third kappa shape index (κ3) is 9.82. The summed E-state index contributed by atoms with van der Waals surface area (Å²) in [5, 5.41) is 54.6. The zero-order chi connectivity index (χ0) is 26.5. The summed E-state index contributed by atoms with van der Waals surface area (Å²) < 4.78 is 11.2. The molecule has 2 amide bonds. The maximum Gasteiger partial charge on any atom is 0.222 e. The summed E-state index contributed by atoms with van der Waals surface area (Å²) in [4.78, 5) is 25.3. The van der Waals surface area contributed by atoms with E-state index in [1.807, 2.05) is 0 Å². The predicted octanol–water partition coefficient (Wildman–Crippen LogP) is -1.78. The summed E-state index contributed by atoms with van der Waals surface area (Å²) in [5.41, 5.74) is 0. The summed E-state index contributed by atoms with van der Waals surface area (Å²) in [6.07, 6.45) is 1.05. The average molecular weight is 520 g/mol. The molecule has 210 valence electrons. The number of rotatable bonds is 16. The lowest BCUT2D eigenvalue weighted by Crippen LogP contribution is -2.64. The predicted molar refractivity (Wildman–Crippen MR) is 130 cm³/mol. The minimum atomic E-state index is -1.32. The molecule has 2 fully saturated rings. The Morgan fingerprint density at radius 3 is 2.31 bits per heavy atom. The Balaban J connectivity index is 1.49. The van der Waals surface area contributed by atoms with E-state index in [1.54, 1.807) is 4.90 Å². The molecule has 0 aromatic carbocycles. The van der Waals surface area contributed by atoms with Crippen molar-refractivity contribution in [1.82, 2.24) is 15.5 Å². The van der Waals surface area contributed by atoms with Crippen LogP contribution in [0.4, 0.5) is 0 Å². The minimum Gasteiger partial charge on any atom is -0.394 e. The molecule has 7 atom stereocenters. The maximum atomic E-state index is 12.3. The molecule has 0 aromatic rings. The normalized spacial score (nSPS) is 30.5. The first-order valence-electron chi connectivity index (χ1n) is 13.1. The number of nitrogens with one attached hydrogen (secondary N) is 2. The molecular formula is C24H45N3O9. The van der Waals surface area contributed by atoms with Gasteiger partial charge in [-0.25, -0.2) is 0 Å². The number of amides is 2. The number of likely N-dealkylation sites (tertiary alicyclic amines) is 1. The molecule has 0 spiro atoms. The van der Waals surface area contributed by atoms with Crippen molar-refractivity contribution in [3.05, 3.63) is 0 Å². The molecule has 2 rings (SSSR count). The summed E-state index contributed by atoms with van der Waals surface area (Å²) in [5.74, 6) is -0.384. The van der Waals surface area contributed by atoms with Crippen LogP contribution in [0.15, 0.2) is 0 Å². The fourth-order valence-electron chi connectivity index (χ4n) is 4.68. The van der Waals surface area contributed by atoms with Crippen LogP contribution in [0.25, 0.3) is 0 Å². The standard InChI is InChI=1S/C24H45N3O9/c1-16(30)26-21-23(34)22(33)19(15-29)36-24(21)35-11-7-3-6-10-25-9-5-2-4-8-20(32)27-13-18(31)12-17(27)14-28/h17-19,21-25,28-29,31,33-34H,2-15H2,1H3,(H,26,30)/t17-,18+,19?,21?,22?,23?,24?/m0/s1. The topological polar surface area (TPSA) is 181 Å². The Morgan fingerprint density at radius 2 is 1.67 bits per heavy atom. The van der Waals surface area contributed by atoms with E-state index in [4.69, 9.17) is 9.47 Å². The zero-order valence-electron chi connectivity index (χ0n) is 21.3. The summed E-state index contributed by atoms with van der Waals surface area (Å²) in [6, 6.07) is -1.18. The molecular weight excluding hydrogens is 474 g/mol. The van der Waals surface area contributed by atoms with Crippen molar-refractivity contribution in [2.75, 3.05) is 39.5 Å². The molecule has 2 aliphatic heterocycles. The van der Waals surface area contributed by atoms with Crippen LogP contribution in [-0.2, 0) is 19.1 Å². The van der Waals surface area contributed by atoms with E-state index in [-0.39, 0.29) is 24.5 Å². The van der Waals surface area contributed by atoms with Gasteiger partial charge >= 0.3 is 0 Å². The van der Waals surface area contributed by atoms with Crippen LogP contribution in [0.3, 0.4) is 0 Å². The fourth-order valence-corrected chi connectivity index (χ4v) is 4.68. The second-order valence-corrected chi connectivity index (χ2v) is 9.70. The van der Waals surface area contributed by atoms with Crippen LogP contribution in [-0.4, -0.2) is 124 Å². The molecule has 0 aliphatic carbocycles. The zero-order valence-corrected chi connectivity index (χ0v) is 21.3. The number of unbranched alkanes of at least 4 members (excludes halogenated alkanes) is 4. The van der Waals surface area contributed by atoms with Gasteiger partial charge in [0.05, 0.1) is 25.4 Å². The fraction of sp³-hybridized carbons (Fsp3) is 0.917. The molecule has 7 N–H and O–H groups in total. The lowest BCUT2D eigenvalue weighted by molar-refractivity contribution is -0.270. The van der Waals surface area contributed by atoms with Crippen LogP contribution in [0, 0.1) is 0 Å². The summed E-state index contributed by atoms with van der Waals surface area (Å²) >= 11 is 0. The Labute approximate surface area is 213 Å². The smallest absolute Gasteiger partial charge is 0.222 e. The molecule has 12 heteroatoms. The molecule has 36 heavy (non-hydrogen) atoms. The van der Waals surface area contributed by atoms with Gasteiger partial charge in [0.15, 0.2) is 6.29 Å². The number of aliphatic hydroxyl groups excluding tert-OH is 5. The van der Waals surface area contributed by atoms with Crippen molar-refractivity contribution in [3.63, 3.8) is 0 Å². The number of aliphatic hydroxyl groups is 5. The van der Waals surface area contributed by atoms with E-state index in [0.717, 1.165) is 51.6 Å². The molecule has 2 aliphatic rings. The van der Waals surface area contributed by atoms with Crippen LogP contribution >= 0.6 is 0 Å². The Kier molecular flexibility index (Phi) is 14.1. The van der Waals surface area contributed by atoms with Gasteiger partial charge in [-0.15, -0.1) is 0 Å². The number of carbonyl (C=O) groups is 2. The number of nitrogens with zero attached hydrogens (tertiary/aromatic N) is 1. The first-order chi connectivity index (χ1) is 17.3. The molecule has 0 aromatic heterocycles. The number of β-amino-alcohol motifs (C(OH)–C–C–N with tert-alkyl or cyclic N) is 1. The highest BCUT2D eigenvalue weighted by molar-refractivity contribution is 5.77. The highest BCUT2D eigenvalue weighted by Gasteiger charge is 2.45.